The largest absolute Gasteiger partial charge is 0.348 e. The molecule has 8 nitrogen and oxygen atoms in total. The third-order valence-corrected chi connectivity index (χ3v) is 5.27. The second-order valence-corrected chi connectivity index (χ2v) is 7.60. The molecule has 2 atom stereocenters. The lowest BCUT2D eigenvalue weighted by Gasteiger charge is -2.25. The van der Waals surface area contributed by atoms with Crippen molar-refractivity contribution in [2.24, 2.45) is 0 Å². The summed E-state index contributed by atoms with van der Waals surface area (Å²) in [6, 6.07) is 5.58. The zero-order chi connectivity index (χ0) is 20.3. The van der Waals surface area contributed by atoms with E-state index in [-0.39, 0.29) is 23.4 Å². The van der Waals surface area contributed by atoms with E-state index in [0.29, 0.717) is 19.0 Å². The summed E-state index contributed by atoms with van der Waals surface area (Å²) in [6.07, 6.45) is 4.38. The lowest BCUT2D eigenvalue weighted by molar-refractivity contribution is -0.131. The van der Waals surface area contributed by atoms with E-state index in [1.165, 1.54) is 6.07 Å². The highest BCUT2D eigenvalue weighted by Crippen LogP contribution is 2.22. The third kappa shape index (κ3) is 4.56. The SMILES string of the molecule is C[C@@H](C(=O)N1CC[C@@H](N(C)Cc2cc(=O)[nH]c(N(C)C)n2)C1)c1cccnc1. The van der Waals surface area contributed by atoms with Crippen molar-refractivity contribution < 1.29 is 4.79 Å². The fourth-order valence-electron chi connectivity index (χ4n) is 3.52. The second kappa shape index (κ2) is 8.52. The van der Waals surface area contributed by atoms with Crippen molar-refractivity contribution in [3.63, 3.8) is 0 Å². The number of pyridine rings is 1. The molecule has 2 aromatic rings. The minimum Gasteiger partial charge on any atom is -0.348 e. The van der Waals surface area contributed by atoms with E-state index in [9.17, 15) is 9.59 Å². The number of H-pyrrole nitrogens is 1. The first-order valence-corrected chi connectivity index (χ1v) is 9.51. The fourth-order valence-corrected chi connectivity index (χ4v) is 3.52. The highest BCUT2D eigenvalue weighted by atomic mass is 16.2. The molecule has 0 unspecified atom stereocenters. The van der Waals surface area contributed by atoms with Crippen LogP contribution in [0, 0.1) is 0 Å². The predicted molar refractivity (Wildman–Crippen MR) is 108 cm³/mol. The van der Waals surface area contributed by atoms with Crippen LogP contribution < -0.4 is 10.5 Å². The molecule has 1 aliphatic rings. The standard InChI is InChI=1S/C20H28N6O2/c1-14(15-6-5-8-21-11-15)19(28)26-9-7-17(13-26)25(4)12-16-10-18(27)23-20(22-16)24(2)3/h5-6,8,10-11,14,17H,7,9,12-13H2,1-4H3,(H,22,23,27)/t14-,17-/m1/s1. The molecule has 2 aromatic heterocycles. The van der Waals surface area contributed by atoms with Gasteiger partial charge in [0.2, 0.25) is 11.9 Å². The van der Waals surface area contributed by atoms with Gasteiger partial charge in [0.1, 0.15) is 0 Å². The molecule has 1 saturated heterocycles. The molecule has 1 fully saturated rings. The number of anilines is 1. The number of nitrogens with zero attached hydrogens (tertiary/aromatic N) is 5. The second-order valence-electron chi connectivity index (χ2n) is 7.60. The predicted octanol–water partition coefficient (Wildman–Crippen LogP) is 1.07. The lowest BCUT2D eigenvalue weighted by Crippen LogP contribution is -2.38. The first kappa shape index (κ1) is 20.0. The molecule has 1 aliphatic heterocycles. The summed E-state index contributed by atoms with van der Waals surface area (Å²) >= 11 is 0. The monoisotopic (exact) mass is 384 g/mol. The van der Waals surface area contributed by atoms with Crippen molar-refractivity contribution in [3.8, 4) is 0 Å². The topological polar surface area (TPSA) is 85.4 Å². The molecule has 8 heteroatoms. The van der Waals surface area contributed by atoms with Gasteiger partial charge >= 0.3 is 0 Å². The van der Waals surface area contributed by atoms with Crippen LogP contribution in [0.1, 0.15) is 30.5 Å². The van der Waals surface area contributed by atoms with Crippen LogP contribution >= 0.6 is 0 Å². The maximum absolute atomic E-state index is 12.9. The molecule has 28 heavy (non-hydrogen) atoms. The third-order valence-electron chi connectivity index (χ3n) is 5.27. The Morgan fingerprint density at radius 1 is 1.39 bits per heavy atom. The maximum atomic E-state index is 12.9. The fraction of sp³-hybridized carbons (Fsp3) is 0.500. The van der Waals surface area contributed by atoms with Crippen LogP contribution in [0.25, 0.3) is 0 Å². The van der Waals surface area contributed by atoms with Gasteiger partial charge in [-0.2, -0.15) is 0 Å². The number of likely N-dealkylation sites (N-methyl/N-ethyl adjacent to an activating group) is 1. The number of aromatic amines is 1. The van der Waals surface area contributed by atoms with Gasteiger partial charge in [-0.15, -0.1) is 0 Å². The molecular formula is C20H28N6O2. The minimum absolute atomic E-state index is 0.132. The number of rotatable bonds is 6. The van der Waals surface area contributed by atoms with Crippen LogP contribution in [0.4, 0.5) is 5.95 Å². The van der Waals surface area contributed by atoms with Crippen molar-refractivity contribution in [2.75, 3.05) is 39.1 Å². The van der Waals surface area contributed by atoms with E-state index in [0.717, 1.165) is 24.2 Å². The summed E-state index contributed by atoms with van der Waals surface area (Å²) in [7, 11) is 5.70. The van der Waals surface area contributed by atoms with Gasteiger partial charge in [-0.1, -0.05) is 6.07 Å². The van der Waals surface area contributed by atoms with Crippen LogP contribution in [-0.4, -0.2) is 70.9 Å². The number of amides is 1. The van der Waals surface area contributed by atoms with Gasteiger partial charge < -0.3 is 9.80 Å². The molecule has 3 rings (SSSR count). The molecule has 1 amide bonds. The van der Waals surface area contributed by atoms with Crippen molar-refractivity contribution in [2.45, 2.75) is 31.8 Å². The highest BCUT2D eigenvalue weighted by molar-refractivity contribution is 5.83. The van der Waals surface area contributed by atoms with E-state index in [2.05, 4.69) is 19.9 Å². The Morgan fingerprint density at radius 2 is 2.18 bits per heavy atom. The van der Waals surface area contributed by atoms with E-state index < -0.39 is 0 Å². The molecule has 3 heterocycles. The summed E-state index contributed by atoms with van der Waals surface area (Å²) in [5, 5.41) is 0. The van der Waals surface area contributed by atoms with E-state index in [1.807, 2.05) is 45.1 Å². The number of hydrogen-bond donors (Lipinski definition) is 1. The first-order chi connectivity index (χ1) is 13.3. The Bertz CT molecular complexity index is 866. The summed E-state index contributed by atoms with van der Waals surface area (Å²) in [6.45, 7) is 3.92. The van der Waals surface area contributed by atoms with Gasteiger partial charge in [0.05, 0.1) is 11.6 Å². The van der Waals surface area contributed by atoms with Gasteiger partial charge in [0.25, 0.3) is 5.56 Å². The molecule has 0 saturated carbocycles. The number of carbonyl (C=O) groups excluding carboxylic acids is 1. The van der Waals surface area contributed by atoms with Gasteiger partial charge in [-0.3, -0.25) is 24.5 Å². The molecule has 0 aliphatic carbocycles. The smallest absolute Gasteiger partial charge is 0.252 e. The highest BCUT2D eigenvalue weighted by Gasteiger charge is 2.31. The van der Waals surface area contributed by atoms with E-state index >= 15 is 0 Å². The van der Waals surface area contributed by atoms with Crippen LogP contribution in [0.2, 0.25) is 0 Å². The van der Waals surface area contributed by atoms with Crippen molar-refractivity contribution in [3.05, 3.63) is 52.2 Å². The lowest BCUT2D eigenvalue weighted by atomic mass is 10.0. The Labute approximate surface area is 165 Å². The first-order valence-electron chi connectivity index (χ1n) is 9.51. The summed E-state index contributed by atoms with van der Waals surface area (Å²) < 4.78 is 0. The van der Waals surface area contributed by atoms with Crippen LogP contribution in [0.15, 0.2) is 35.4 Å². The minimum atomic E-state index is -0.199. The zero-order valence-corrected chi connectivity index (χ0v) is 16.9. The number of carbonyl (C=O) groups is 1. The quantitative estimate of drug-likeness (QED) is 0.802. The Hall–Kier alpha value is -2.74. The van der Waals surface area contributed by atoms with Crippen LogP contribution in [0.5, 0.6) is 0 Å². The van der Waals surface area contributed by atoms with E-state index in [4.69, 9.17) is 0 Å². The number of nitrogens with one attached hydrogen (secondary N) is 1. The van der Waals surface area contributed by atoms with Crippen molar-refractivity contribution >= 4 is 11.9 Å². The van der Waals surface area contributed by atoms with Crippen molar-refractivity contribution in [1.29, 1.82) is 0 Å². The molecule has 1 N–H and O–H groups in total. The van der Waals surface area contributed by atoms with Crippen LogP contribution in [0.3, 0.4) is 0 Å². The maximum Gasteiger partial charge on any atom is 0.252 e. The average Bonchev–Trinajstić information content (AvgIpc) is 3.17. The van der Waals surface area contributed by atoms with Crippen LogP contribution in [-0.2, 0) is 11.3 Å². The molecule has 150 valence electrons. The summed E-state index contributed by atoms with van der Waals surface area (Å²) in [5.74, 6) is 0.479. The van der Waals surface area contributed by atoms with Gasteiger partial charge in [-0.25, -0.2) is 4.98 Å². The molecule has 0 aromatic carbocycles. The molecule has 0 radical (unpaired) electrons. The Kier molecular flexibility index (Phi) is 6.08. The molecular weight excluding hydrogens is 356 g/mol. The summed E-state index contributed by atoms with van der Waals surface area (Å²) in [4.78, 5) is 41.9. The molecule has 0 bridgehead atoms. The van der Waals surface area contributed by atoms with Gasteiger partial charge in [0, 0.05) is 58.2 Å². The van der Waals surface area contributed by atoms with Gasteiger partial charge in [-0.05, 0) is 32.0 Å². The number of aromatic nitrogens is 3. The Balaban J connectivity index is 1.62. The summed E-state index contributed by atoms with van der Waals surface area (Å²) in [5.41, 5.74) is 1.51. The normalized spacial score (nSPS) is 17.8. The molecule has 0 spiro atoms. The average molecular weight is 384 g/mol. The van der Waals surface area contributed by atoms with Gasteiger partial charge in [0.15, 0.2) is 0 Å². The van der Waals surface area contributed by atoms with E-state index in [1.54, 1.807) is 17.3 Å². The Morgan fingerprint density at radius 3 is 2.86 bits per heavy atom. The zero-order valence-electron chi connectivity index (χ0n) is 16.9. The number of likely N-dealkylation sites (tertiary alicyclic amines) is 1. The number of hydrogen-bond acceptors (Lipinski definition) is 6. The van der Waals surface area contributed by atoms with Crippen molar-refractivity contribution in [1.82, 2.24) is 24.8 Å².